The normalized spacial score (nSPS) is 19.6. The number of nitrogens with one attached hydrogen (secondary N) is 1. The zero-order valence-electron chi connectivity index (χ0n) is 23.8. The van der Waals surface area contributed by atoms with Gasteiger partial charge in [0.05, 0.1) is 42.1 Å². The first-order valence-electron chi connectivity index (χ1n) is 14.4. The van der Waals surface area contributed by atoms with Crippen LogP contribution in [0.2, 0.25) is 0 Å². The first-order chi connectivity index (χ1) is 20.5. The van der Waals surface area contributed by atoms with E-state index >= 15 is 0 Å². The maximum atomic E-state index is 13.1. The van der Waals surface area contributed by atoms with Crippen molar-refractivity contribution in [1.82, 2.24) is 5.32 Å². The maximum Gasteiger partial charge on any atom is 0.416 e. The molecule has 0 saturated carbocycles. The van der Waals surface area contributed by atoms with E-state index in [-0.39, 0.29) is 41.2 Å². The Hall–Kier alpha value is -3.41. The minimum absolute atomic E-state index is 0.0233. The van der Waals surface area contributed by atoms with Crippen LogP contribution in [0.15, 0.2) is 77.7 Å². The van der Waals surface area contributed by atoms with Crippen LogP contribution in [0.4, 0.5) is 18.9 Å². The minimum atomic E-state index is -4.37. The highest BCUT2D eigenvalue weighted by Gasteiger charge is 2.33. The lowest BCUT2D eigenvalue weighted by atomic mass is 9.86. The van der Waals surface area contributed by atoms with E-state index in [1.165, 1.54) is 0 Å². The third-order valence-corrected chi connectivity index (χ3v) is 9.87. The predicted molar refractivity (Wildman–Crippen MR) is 157 cm³/mol. The molecule has 1 unspecified atom stereocenters. The molecule has 2 aliphatic heterocycles. The molecule has 0 spiro atoms. The van der Waals surface area contributed by atoms with E-state index in [0.29, 0.717) is 31.9 Å². The number of benzene rings is 3. The molecule has 0 aliphatic carbocycles. The van der Waals surface area contributed by atoms with Crippen molar-refractivity contribution in [1.29, 1.82) is 0 Å². The fourth-order valence-corrected chi connectivity index (χ4v) is 6.24. The molecular weight excluding hydrogens is 581 g/mol. The molecule has 43 heavy (non-hydrogen) atoms. The summed E-state index contributed by atoms with van der Waals surface area (Å²) in [5.41, 5.74) is 2.36. The lowest BCUT2D eigenvalue weighted by Gasteiger charge is -2.42. The van der Waals surface area contributed by atoms with Gasteiger partial charge in [-0.05, 0) is 72.5 Å². The highest BCUT2D eigenvalue weighted by atomic mass is 32.2. The highest BCUT2D eigenvalue weighted by molar-refractivity contribution is 7.91. The minimum Gasteiger partial charge on any atom is -0.376 e. The second-order valence-corrected chi connectivity index (χ2v) is 13.2. The number of nitrogens with zero attached hydrogens (tertiary/aromatic N) is 1. The Labute approximate surface area is 249 Å². The zero-order valence-corrected chi connectivity index (χ0v) is 24.7. The van der Waals surface area contributed by atoms with Gasteiger partial charge in [-0.3, -0.25) is 4.79 Å². The number of rotatable bonds is 10. The maximum absolute atomic E-state index is 13.1. The van der Waals surface area contributed by atoms with Gasteiger partial charge in [-0.1, -0.05) is 31.2 Å². The van der Waals surface area contributed by atoms with Crippen LogP contribution >= 0.6 is 0 Å². The molecule has 5 rings (SSSR count). The van der Waals surface area contributed by atoms with Crippen LogP contribution in [0.25, 0.3) is 0 Å². The van der Waals surface area contributed by atoms with Crippen LogP contribution in [0.1, 0.15) is 52.7 Å². The second-order valence-electron chi connectivity index (χ2n) is 11.0. The molecule has 2 aliphatic rings. The Bertz CT molecular complexity index is 1490. The number of sulfone groups is 1. The fourth-order valence-electron chi connectivity index (χ4n) is 5.36. The largest absolute Gasteiger partial charge is 0.416 e. The van der Waals surface area contributed by atoms with Crippen molar-refractivity contribution in [2.24, 2.45) is 0 Å². The van der Waals surface area contributed by atoms with Gasteiger partial charge in [0, 0.05) is 30.3 Å². The third-order valence-electron chi connectivity index (χ3n) is 8.12. The monoisotopic (exact) mass is 616 g/mol. The van der Waals surface area contributed by atoms with Gasteiger partial charge < -0.3 is 19.7 Å². The summed E-state index contributed by atoms with van der Waals surface area (Å²) in [5.74, 6) is -0.190. The Morgan fingerprint density at radius 2 is 1.65 bits per heavy atom. The Balaban J connectivity index is 1.25. The van der Waals surface area contributed by atoms with Gasteiger partial charge in [0.15, 0.2) is 9.84 Å². The fraction of sp³-hybridized carbons (Fsp3) is 0.406. The molecule has 2 atom stereocenters. The number of halogens is 3. The number of carbonyl (C=O) groups is 1. The van der Waals surface area contributed by atoms with E-state index < -0.39 is 21.6 Å². The van der Waals surface area contributed by atoms with Gasteiger partial charge in [-0.2, -0.15) is 13.2 Å². The summed E-state index contributed by atoms with van der Waals surface area (Å²) >= 11 is 0. The number of ether oxygens (including phenoxy) is 2. The summed E-state index contributed by atoms with van der Waals surface area (Å²) in [6, 6.07) is 19.2. The number of carbonyl (C=O) groups excluding carboxylic acids is 1. The third kappa shape index (κ3) is 7.57. The van der Waals surface area contributed by atoms with Crippen molar-refractivity contribution in [3.8, 4) is 0 Å². The molecule has 1 amide bonds. The first-order valence-corrected chi connectivity index (χ1v) is 16.0. The van der Waals surface area contributed by atoms with Crippen molar-refractivity contribution >= 4 is 21.4 Å². The molecule has 3 aromatic rings. The zero-order chi connectivity index (χ0) is 30.6. The van der Waals surface area contributed by atoms with E-state index in [9.17, 15) is 26.4 Å². The molecule has 230 valence electrons. The van der Waals surface area contributed by atoms with Crippen molar-refractivity contribution in [2.45, 2.75) is 55.4 Å². The number of piperidine rings is 1. The van der Waals surface area contributed by atoms with Crippen LogP contribution in [-0.2, 0) is 32.0 Å². The standard InChI is InChI=1S/C32H35F3N2O5S/c1-2-43(39,40)30-15-3-22(4-16-30)17-36-31(38)24-7-12-27(13-8-24)37-18-25(9-14-28(37)19-42-29-20-41-21-29)23-5-10-26(11-6-23)32(33,34)35/h3-8,10-13,15-16,25,28-29H,2,9,14,17-21H2,1H3,(H,36,38)/t25?,28-/m0/s1. The molecule has 0 aromatic heterocycles. The molecule has 0 radical (unpaired) electrons. The number of anilines is 1. The molecule has 0 bridgehead atoms. The topological polar surface area (TPSA) is 84.9 Å². The van der Waals surface area contributed by atoms with E-state index in [1.54, 1.807) is 55.5 Å². The Morgan fingerprint density at radius 3 is 2.23 bits per heavy atom. The van der Waals surface area contributed by atoms with Gasteiger partial charge in [-0.25, -0.2) is 8.42 Å². The summed E-state index contributed by atoms with van der Waals surface area (Å²) in [6.45, 7) is 4.11. The van der Waals surface area contributed by atoms with Crippen molar-refractivity contribution in [2.75, 3.05) is 37.0 Å². The van der Waals surface area contributed by atoms with E-state index in [4.69, 9.17) is 9.47 Å². The van der Waals surface area contributed by atoms with Crippen molar-refractivity contribution in [3.63, 3.8) is 0 Å². The smallest absolute Gasteiger partial charge is 0.376 e. The molecule has 1 N–H and O–H groups in total. The van der Waals surface area contributed by atoms with Gasteiger partial charge in [0.1, 0.15) is 6.10 Å². The molecular formula is C32H35F3N2O5S. The number of hydrogen-bond donors (Lipinski definition) is 1. The predicted octanol–water partition coefficient (Wildman–Crippen LogP) is 5.60. The highest BCUT2D eigenvalue weighted by Crippen LogP contribution is 2.36. The number of alkyl halides is 3. The summed E-state index contributed by atoms with van der Waals surface area (Å²) in [7, 11) is -3.29. The van der Waals surface area contributed by atoms with Crippen LogP contribution in [0.3, 0.4) is 0 Å². The molecule has 11 heteroatoms. The Morgan fingerprint density at radius 1 is 0.977 bits per heavy atom. The molecule has 7 nitrogen and oxygen atoms in total. The van der Waals surface area contributed by atoms with Crippen molar-refractivity contribution in [3.05, 3.63) is 95.1 Å². The van der Waals surface area contributed by atoms with Crippen LogP contribution in [0, 0.1) is 0 Å². The van der Waals surface area contributed by atoms with E-state index in [0.717, 1.165) is 41.8 Å². The lowest BCUT2D eigenvalue weighted by Crippen LogP contribution is -2.47. The quantitative estimate of drug-likeness (QED) is 0.320. The first kappa shape index (κ1) is 31.0. The van der Waals surface area contributed by atoms with Crippen molar-refractivity contribution < 1.29 is 35.9 Å². The summed E-state index contributed by atoms with van der Waals surface area (Å²) in [5, 5.41) is 2.87. The lowest BCUT2D eigenvalue weighted by molar-refractivity contribution is -0.137. The van der Waals surface area contributed by atoms with Crippen LogP contribution < -0.4 is 10.2 Å². The number of amides is 1. The molecule has 2 saturated heterocycles. The SMILES string of the molecule is CCS(=O)(=O)c1ccc(CNC(=O)c2ccc(N3CC(c4ccc(C(F)(F)F)cc4)CC[C@H]3COC3COC3)cc2)cc1. The van der Waals surface area contributed by atoms with Gasteiger partial charge in [-0.15, -0.1) is 0 Å². The van der Waals surface area contributed by atoms with E-state index in [2.05, 4.69) is 10.2 Å². The van der Waals surface area contributed by atoms with Crippen LogP contribution in [0.5, 0.6) is 0 Å². The molecule has 3 aromatic carbocycles. The average Bonchev–Trinajstić information content (AvgIpc) is 2.99. The summed E-state index contributed by atoms with van der Waals surface area (Å²) in [4.78, 5) is 15.3. The van der Waals surface area contributed by atoms with Gasteiger partial charge in [0.25, 0.3) is 5.91 Å². The van der Waals surface area contributed by atoms with Gasteiger partial charge >= 0.3 is 6.18 Å². The molecule has 2 fully saturated rings. The average molecular weight is 617 g/mol. The summed E-state index contributed by atoms with van der Waals surface area (Å²) in [6.07, 6.45) is -2.67. The van der Waals surface area contributed by atoms with Crippen LogP contribution in [-0.4, -0.2) is 58.6 Å². The summed E-state index contributed by atoms with van der Waals surface area (Å²) < 4.78 is 74.6. The van der Waals surface area contributed by atoms with Gasteiger partial charge in [0.2, 0.25) is 0 Å². The second kappa shape index (κ2) is 13.1. The Kier molecular flexibility index (Phi) is 9.43. The molecule has 2 heterocycles. The number of hydrogen-bond acceptors (Lipinski definition) is 6. The van der Waals surface area contributed by atoms with E-state index in [1.807, 2.05) is 12.1 Å².